The van der Waals surface area contributed by atoms with Crippen molar-refractivity contribution in [1.29, 1.82) is 0 Å². The monoisotopic (exact) mass is 270 g/mol. The molecule has 112 valence electrons. The number of methoxy groups -OCH3 is 1. The van der Waals surface area contributed by atoms with E-state index in [1.807, 2.05) is 13.8 Å². The predicted octanol–water partition coefficient (Wildman–Crippen LogP) is 1.90. The summed E-state index contributed by atoms with van der Waals surface area (Å²) in [6, 6.07) is 0. The van der Waals surface area contributed by atoms with Gasteiger partial charge < -0.3 is 15.0 Å². The van der Waals surface area contributed by atoms with Gasteiger partial charge >= 0.3 is 5.97 Å². The van der Waals surface area contributed by atoms with E-state index < -0.39 is 5.41 Å². The summed E-state index contributed by atoms with van der Waals surface area (Å²) in [5, 5.41) is 3.40. The van der Waals surface area contributed by atoms with Crippen LogP contribution < -0.4 is 5.32 Å². The Morgan fingerprint density at radius 1 is 1.37 bits per heavy atom. The molecule has 0 aromatic carbocycles. The first-order valence-electron chi connectivity index (χ1n) is 7.51. The van der Waals surface area contributed by atoms with Crippen LogP contribution in [0.5, 0.6) is 0 Å². The van der Waals surface area contributed by atoms with Crippen molar-refractivity contribution in [3.05, 3.63) is 0 Å². The number of hydrogen-bond donors (Lipinski definition) is 1. The number of nitrogens with zero attached hydrogens (tertiary/aromatic N) is 1. The van der Waals surface area contributed by atoms with Crippen LogP contribution in [-0.4, -0.2) is 50.7 Å². The fourth-order valence-corrected chi connectivity index (χ4v) is 2.88. The van der Waals surface area contributed by atoms with Crippen molar-refractivity contribution in [3.63, 3.8) is 0 Å². The summed E-state index contributed by atoms with van der Waals surface area (Å²) in [4.78, 5) is 14.2. The van der Waals surface area contributed by atoms with Gasteiger partial charge in [0.25, 0.3) is 0 Å². The Balaban J connectivity index is 2.53. The topological polar surface area (TPSA) is 41.6 Å². The average molecular weight is 270 g/mol. The van der Waals surface area contributed by atoms with Crippen molar-refractivity contribution >= 4 is 5.97 Å². The van der Waals surface area contributed by atoms with Gasteiger partial charge in [0.1, 0.15) is 0 Å². The molecular formula is C15H30N2O2. The quantitative estimate of drug-likeness (QED) is 0.717. The van der Waals surface area contributed by atoms with E-state index in [4.69, 9.17) is 4.74 Å². The molecule has 0 aromatic rings. The van der Waals surface area contributed by atoms with Crippen LogP contribution in [0.2, 0.25) is 0 Å². The molecule has 0 saturated carbocycles. The highest BCUT2D eigenvalue weighted by Gasteiger charge is 2.31. The minimum absolute atomic E-state index is 0.112. The van der Waals surface area contributed by atoms with E-state index in [1.54, 1.807) is 0 Å². The van der Waals surface area contributed by atoms with Gasteiger partial charge in [-0.15, -0.1) is 0 Å². The van der Waals surface area contributed by atoms with Crippen LogP contribution in [0.15, 0.2) is 0 Å². The second kappa shape index (κ2) is 7.85. The van der Waals surface area contributed by atoms with Crippen molar-refractivity contribution in [2.24, 2.45) is 11.3 Å². The lowest BCUT2D eigenvalue weighted by atomic mass is 9.91. The summed E-state index contributed by atoms with van der Waals surface area (Å²) < 4.78 is 4.91. The molecule has 1 aliphatic rings. The molecular weight excluding hydrogens is 240 g/mol. The molecule has 1 aliphatic heterocycles. The lowest BCUT2D eigenvalue weighted by Crippen LogP contribution is -2.43. The Labute approximate surface area is 117 Å². The van der Waals surface area contributed by atoms with Crippen LogP contribution in [0.4, 0.5) is 0 Å². The van der Waals surface area contributed by atoms with E-state index in [0.29, 0.717) is 0 Å². The van der Waals surface area contributed by atoms with Crippen LogP contribution in [0, 0.1) is 11.3 Å². The Morgan fingerprint density at radius 2 is 2.00 bits per heavy atom. The van der Waals surface area contributed by atoms with E-state index in [0.717, 1.165) is 45.1 Å². The highest BCUT2D eigenvalue weighted by atomic mass is 16.5. The van der Waals surface area contributed by atoms with Gasteiger partial charge in [-0.2, -0.15) is 0 Å². The molecule has 1 N–H and O–H groups in total. The van der Waals surface area contributed by atoms with E-state index in [9.17, 15) is 4.79 Å². The molecule has 1 rings (SSSR count). The van der Waals surface area contributed by atoms with Crippen LogP contribution >= 0.6 is 0 Å². The zero-order valence-corrected chi connectivity index (χ0v) is 13.0. The number of piperidine rings is 1. The van der Waals surface area contributed by atoms with Crippen LogP contribution in [0.1, 0.15) is 40.0 Å². The van der Waals surface area contributed by atoms with Crippen molar-refractivity contribution < 1.29 is 9.53 Å². The van der Waals surface area contributed by atoms with Gasteiger partial charge in [0, 0.05) is 13.1 Å². The molecule has 0 aromatic heterocycles. The highest BCUT2D eigenvalue weighted by molar-refractivity contribution is 5.76. The molecule has 0 radical (unpaired) electrons. The SMILES string of the molecule is CCCN(CC1CCNCC1)CC(C)(C)C(=O)OC. The maximum Gasteiger partial charge on any atom is 0.312 e. The fourth-order valence-electron chi connectivity index (χ4n) is 2.88. The molecule has 1 fully saturated rings. The summed E-state index contributed by atoms with van der Waals surface area (Å²) in [6.45, 7) is 11.4. The molecule has 0 aliphatic carbocycles. The lowest BCUT2D eigenvalue weighted by molar-refractivity contribution is -0.151. The number of rotatable bonds is 7. The Morgan fingerprint density at radius 3 is 2.53 bits per heavy atom. The first kappa shape index (κ1) is 16.4. The summed E-state index contributed by atoms with van der Waals surface area (Å²) >= 11 is 0. The minimum atomic E-state index is -0.420. The Hall–Kier alpha value is -0.610. The molecule has 4 heteroatoms. The van der Waals surface area contributed by atoms with E-state index >= 15 is 0 Å². The second-order valence-electron chi connectivity index (χ2n) is 6.30. The average Bonchev–Trinajstić information content (AvgIpc) is 2.38. The molecule has 0 spiro atoms. The van der Waals surface area contributed by atoms with Gasteiger partial charge in [0.2, 0.25) is 0 Å². The summed E-state index contributed by atoms with van der Waals surface area (Å²) in [6.07, 6.45) is 3.62. The lowest BCUT2D eigenvalue weighted by Gasteiger charge is -2.34. The van der Waals surface area contributed by atoms with E-state index in [2.05, 4.69) is 17.1 Å². The molecule has 19 heavy (non-hydrogen) atoms. The molecule has 1 saturated heterocycles. The third-order valence-electron chi connectivity index (χ3n) is 3.87. The van der Waals surface area contributed by atoms with Crippen molar-refractivity contribution in [2.45, 2.75) is 40.0 Å². The fraction of sp³-hybridized carbons (Fsp3) is 0.933. The molecule has 0 bridgehead atoms. The highest BCUT2D eigenvalue weighted by Crippen LogP contribution is 2.21. The van der Waals surface area contributed by atoms with Gasteiger partial charge in [-0.3, -0.25) is 4.79 Å². The van der Waals surface area contributed by atoms with E-state index in [1.165, 1.54) is 20.0 Å². The summed E-state index contributed by atoms with van der Waals surface area (Å²) in [5.41, 5.74) is -0.420. The molecule has 1 heterocycles. The van der Waals surface area contributed by atoms with Crippen LogP contribution in [0.25, 0.3) is 0 Å². The Kier molecular flexibility index (Phi) is 6.80. The third kappa shape index (κ3) is 5.49. The molecule has 0 amide bonds. The van der Waals surface area contributed by atoms with Crippen LogP contribution in [0.3, 0.4) is 0 Å². The third-order valence-corrected chi connectivity index (χ3v) is 3.87. The minimum Gasteiger partial charge on any atom is -0.469 e. The van der Waals surface area contributed by atoms with Gasteiger partial charge in [0.15, 0.2) is 0 Å². The molecule has 0 atom stereocenters. The normalized spacial score (nSPS) is 17.7. The van der Waals surface area contributed by atoms with Gasteiger partial charge in [-0.25, -0.2) is 0 Å². The van der Waals surface area contributed by atoms with Gasteiger partial charge in [0.05, 0.1) is 12.5 Å². The maximum atomic E-state index is 11.8. The Bertz CT molecular complexity index is 273. The van der Waals surface area contributed by atoms with Gasteiger partial charge in [-0.1, -0.05) is 6.92 Å². The molecule has 0 unspecified atom stereocenters. The van der Waals surface area contributed by atoms with Crippen molar-refractivity contribution in [2.75, 3.05) is 39.8 Å². The standard InChI is InChI=1S/C15H30N2O2/c1-5-10-17(11-13-6-8-16-9-7-13)12-15(2,3)14(18)19-4/h13,16H,5-12H2,1-4H3. The zero-order valence-electron chi connectivity index (χ0n) is 13.0. The summed E-state index contributed by atoms with van der Waals surface area (Å²) in [5.74, 6) is 0.653. The van der Waals surface area contributed by atoms with Crippen LogP contribution in [-0.2, 0) is 9.53 Å². The summed E-state index contributed by atoms with van der Waals surface area (Å²) in [7, 11) is 1.47. The first-order chi connectivity index (χ1) is 8.99. The van der Waals surface area contributed by atoms with E-state index in [-0.39, 0.29) is 5.97 Å². The van der Waals surface area contributed by atoms with Crippen molar-refractivity contribution in [3.8, 4) is 0 Å². The smallest absolute Gasteiger partial charge is 0.312 e. The van der Waals surface area contributed by atoms with Crippen molar-refractivity contribution in [1.82, 2.24) is 10.2 Å². The number of hydrogen-bond acceptors (Lipinski definition) is 4. The molecule has 4 nitrogen and oxygen atoms in total. The first-order valence-corrected chi connectivity index (χ1v) is 7.51. The number of ether oxygens (including phenoxy) is 1. The number of carbonyl (C=O) groups excluding carboxylic acids is 1. The second-order valence-corrected chi connectivity index (χ2v) is 6.30. The zero-order chi connectivity index (χ0) is 14.3. The van der Waals surface area contributed by atoms with Gasteiger partial charge in [-0.05, 0) is 58.7 Å². The largest absolute Gasteiger partial charge is 0.469 e. The predicted molar refractivity (Wildman–Crippen MR) is 78.1 cm³/mol. The number of carbonyl (C=O) groups is 1. The maximum absolute atomic E-state index is 11.8. The number of esters is 1. The number of nitrogens with one attached hydrogen (secondary N) is 1.